The molecule has 226 valence electrons. The molecule has 0 amide bonds. The van der Waals surface area contributed by atoms with Crippen molar-refractivity contribution in [3.05, 3.63) is 0 Å². The van der Waals surface area contributed by atoms with Gasteiger partial charge in [-0.15, -0.1) is 0 Å². The van der Waals surface area contributed by atoms with Crippen molar-refractivity contribution >= 4 is 35.8 Å². The normalized spacial score (nSPS) is 33.6. The fraction of sp³-hybridized carbons (Fsp3) is 0.750. The van der Waals surface area contributed by atoms with Crippen LogP contribution >= 0.6 is 0 Å². The Labute approximate surface area is 229 Å². The largest absolute Gasteiger partial charge is 0.463 e. The van der Waals surface area contributed by atoms with E-state index in [2.05, 4.69) is 0 Å². The summed E-state index contributed by atoms with van der Waals surface area (Å²) in [6, 6.07) is 0. The van der Waals surface area contributed by atoms with Gasteiger partial charge in [0.05, 0.1) is 6.10 Å². The first-order valence-corrected chi connectivity index (χ1v) is 12.2. The predicted molar refractivity (Wildman–Crippen MR) is 124 cm³/mol. The Balaban J connectivity index is 2.56. The van der Waals surface area contributed by atoms with Crippen molar-refractivity contribution in [2.75, 3.05) is 6.61 Å². The van der Waals surface area contributed by atoms with Gasteiger partial charge in [0.1, 0.15) is 18.8 Å². The van der Waals surface area contributed by atoms with Gasteiger partial charge < -0.3 is 47.7 Å². The summed E-state index contributed by atoms with van der Waals surface area (Å²) in [5, 5.41) is 10.5. The maximum absolute atomic E-state index is 12.0. The van der Waals surface area contributed by atoms with E-state index in [0.717, 1.165) is 41.5 Å². The molecule has 2 aliphatic heterocycles. The maximum atomic E-state index is 12.0. The number of rotatable bonds is 9. The Morgan fingerprint density at radius 3 is 1.48 bits per heavy atom. The van der Waals surface area contributed by atoms with Crippen LogP contribution in [0.1, 0.15) is 48.5 Å². The highest BCUT2D eigenvalue weighted by molar-refractivity contribution is 5.69. The molecule has 2 fully saturated rings. The highest BCUT2D eigenvalue weighted by Gasteiger charge is 2.56. The van der Waals surface area contributed by atoms with Gasteiger partial charge in [-0.25, -0.2) is 0 Å². The highest BCUT2D eigenvalue weighted by Crippen LogP contribution is 2.34. The van der Waals surface area contributed by atoms with Gasteiger partial charge in [-0.2, -0.15) is 0 Å². The molecule has 0 unspecified atom stereocenters. The van der Waals surface area contributed by atoms with Crippen molar-refractivity contribution in [1.82, 2.24) is 0 Å². The number of hydrogen-bond donors (Lipinski definition) is 1. The quantitative estimate of drug-likeness (QED) is 0.259. The lowest BCUT2D eigenvalue weighted by molar-refractivity contribution is -0.354. The predicted octanol–water partition coefficient (Wildman–Crippen LogP) is -0.945. The number of ether oxygens (including phenoxy) is 9. The molecular formula is C24H34O16. The lowest BCUT2D eigenvalue weighted by atomic mass is 9.96. The average Bonchev–Trinajstić information content (AvgIpc) is 2.80. The van der Waals surface area contributed by atoms with Gasteiger partial charge in [0, 0.05) is 41.5 Å². The molecule has 0 aliphatic carbocycles. The molecule has 0 aromatic carbocycles. The van der Waals surface area contributed by atoms with Crippen LogP contribution in [0.2, 0.25) is 0 Å². The zero-order chi connectivity index (χ0) is 30.3. The summed E-state index contributed by atoms with van der Waals surface area (Å²) >= 11 is 0. The minimum atomic E-state index is -1.84. The SMILES string of the molecule is CC(=O)OC[C@H]1O[C@@H](O)[C@H](OC(C)=O)[C@@H](OC(C)=O)[C@@H]1O[C@H]1O[C@H](C)[C@@H](OC(C)=O)[C@H](OC(C)=O)[C@H]1OC(C)=O. The van der Waals surface area contributed by atoms with E-state index < -0.39 is 104 Å². The van der Waals surface area contributed by atoms with Gasteiger partial charge in [-0.05, 0) is 6.92 Å². The second-order valence-electron chi connectivity index (χ2n) is 9.05. The molecular weight excluding hydrogens is 544 g/mol. The second-order valence-corrected chi connectivity index (χ2v) is 9.05. The zero-order valence-electron chi connectivity index (χ0n) is 23.1. The van der Waals surface area contributed by atoms with Crippen molar-refractivity contribution < 1.29 is 76.5 Å². The summed E-state index contributed by atoms with van der Waals surface area (Å²) in [4.78, 5) is 71.0. The topological polar surface area (TPSA) is 206 Å². The van der Waals surface area contributed by atoms with Gasteiger partial charge in [0.2, 0.25) is 0 Å². The standard InChI is InChI=1S/C24H34O16/c1-9-17(34-11(3)26)19(35-12(4)27)22(38-15(7)30)24(33-9)40-18-16(8-32-10(2)25)39-23(31)21(37-14(6)29)20(18)36-13(5)28/h9,16-24,31H,8H2,1-7H3/t9-,16-,17-,18-,19+,20+,21-,22-,23-,24-/m1/s1. The van der Waals surface area contributed by atoms with Crippen molar-refractivity contribution in [3.63, 3.8) is 0 Å². The first kappa shape index (κ1) is 32.9. The van der Waals surface area contributed by atoms with E-state index in [1.54, 1.807) is 0 Å². The molecule has 1 N–H and O–H groups in total. The monoisotopic (exact) mass is 578 g/mol. The van der Waals surface area contributed by atoms with Crippen LogP contribution in [0.25, 0.3) is 0 Å². The van der Waals surface area contributed by atoms with Gasteiger partial charge in [-0.1, -0.05) is 0 Å². The molecule has 0 spiro atoms. The molecule has 2 heterocycles. The highest BCUT2D eigenvalue weighted by atomic mass is 16.8. The molecule has 2 saturated heterocycles. The lowest BCUT2D eigenvalue weighted by Gasteiger charge is -2.47. The fourth-order valence-corrected chi connectivity index (χ4v) is 4.27. The smallest absolute Gasteiger partial charge is 0.303 e. The number of aliphatic hydroxyl groups excluding tert-OH is 1. The van der Waals surface area contributed by atoms with Gasteiger partial charge >= 0.3 is 35.8 Å². The Kier molecular flexibility index (Phi) is 11.8. The van der Waals surface area contributed by atoms with E-state index in [0.29, 0.717) is 0 Å². The molecule has 0 radical (unpaired) electrons. The first-order valence-electron chi connectivity index (χ1n) is 12.2. The van der Waals surface area contributed by atoms with Crippen LogP contribution < -0.4 is 0 Å². The van der Waals surface area contributed by atoms with Crippen LogP contribution in [0, 0.1) is 0 Å². The van der Waals surface area contributed by atoms with E-state index in [1.165, 1.54) is 6.92 Å². The van der Waals surface area contributed by atoms with Crippen LogP contribution in [-0.4, -0.2) is 109 Å². The van der Waals surface area contributed by atoms with Crippen LogP contribution in [0.4, 0.5) is 0 Å². The Morgan fingerprint density at radius 1 is 0.575 bits per heavy atom. The molecule has 16 nitrogen and oxygen atoms in total. The number of aliphatic hydroxyl groups is 1. The molecule has 0 aromatic heterocycles. The third kappa shape index (κ3) is 9.11. The van der Waals surface area contributed by atoms with Crippen molar-refractivity contribution in [2.45, 2.75) is 110 Å². The van der Waals surface area contributed by atoms with Crippen LogP contribution in [-0.2, 0) is 71.4 Å². The van der Waals surface area contributed by atoms with Crippen molar-refractivity contribution in [1.29, 1.82) is 0 Å². The molecule has 0 aromatic rings. The Morgan fingerprint density at radius 2 is 1.00 bits per heavy atom. The number of carbonyl (C=O) groups is 6. The number of carbonyl (C=O) groups excluding carboxylic acids is 6. The van der Waals surface area contributed by atoms with Gasteiger partial charge in [0.25, 0.3) is 0 Å². The Hall–Kier alpha value is -3.34. The van der Waals surface area contributed by atoms with Crippen LogP contribution in [0.5, 0.6) is 0 Å². The zero-order valence-corrected chi connectivity index (χ0v) is 23.1. The molecule has 2 rings (SSSR count). The fourth-order valence-electron chi connectivity index (χ4n) is 4.27. The van der Waals surface area contributed by atoms with Crippen LogP contribution in [0.15, 0.2) is 0 Å². The molecule has 16 heteroatoms. The molecule has 0 saturated carbocycles. The molecule has 2 aliphatic rings. The molecule has 0 bridgehead atoms. The van der Waals surface area contributed by atoms with Gasteiger partial charge in [0.15, 0.2) is 43.1 Å². The second kappa shape index (κ2) is 14.3. The third-order valence-electron chi connectivity index (χ3n) is 5.59. The summed E-state index contributed by atoms with van der Waals surface area (Å²) in [5.74, 6) is -4.84. The van der Waals surface area contributed by atoms with Crippen LogP contribution in [0.3, 0.4) is 0 Å². The van der Waals surface area contributed by atoms with Crippen molar-refractivity contribution in [3.8, 4) is 0 Å². The Bertz CT molecular complexity index is 965. The van der Waals surface area contributed by atoms with E-state index in [4.69, 9.17) is 42.6 Å². The van der Waals surface area contributed by atoms with Gasteiger partial charge in [-0.3, -0.25) is 28.8 Å². The lowest BCUT2D eigenvalue weighted by Crippen LogP contribution is -2.66. The van der Waals surface area contributed by atoms with E-state index in [-0.39, 0.29) is 0 Å². The van der Waals surface area contributed by atoms with E-state index in [9.17, 15) is 33.9 Å². The summed E-state index contributed by atoms with van der Waals surface area (Å²) in [7, 11) is 0. The third-order valence-corrected chi connectivity index (χ3v) is 5.59. The minimum absolute atomic E-state index is 0.522. The molecule has 40 heavy (non-hydrogen) atoms. The summed E-state index contributed by atoms with van der Waals surface area (Å²) in [6.07, 6.45) is -14.6. The summed E-state index contributed by atoms with van der Waals surface area (Å²) < 4.78 is 48.9. The average molecular weight is 579 g/mol. The summed E-state index contributed by atoms with van der Waals surface area (Å²) in [5.41, 5.74) is 0. The minimum Gasteiger partial charge on any atom is -0.463 e. The molecule has 10 atom stereocenters. The number of hydrogen-bond acceptors (Lipinski definition) is 16. The summed E-state index contributed by atoms with van der Waals surface area (Å²) in [6.45, 7) is 7.40. The van der Waals surface area contributed by atoms with E-state index in [1.807, 2.05) is 0 Å². The van der Waals surface area contributed by atoms with Crippen molar-refractivity contribution in [2.24, 2.45) is 0 Å². The van der Waals surface area contributed by atoms with E-state index >= 15 is 0 Å². The maximum Gasteiger partial charge on any atom is 0.303 e. The first-order chi connectivity index (χ1) is 18.6. The number of esters is 6.